The quantitative estimate of drug-likeness (QED) is 0.721. The molecule has 0 aliphatic rings. The number of aliphatic hydroxyl groups is 1. The Morgan fingerprint density at radius 1 is 1.30 bits per heavy atom. The van der Waals surface area contributed by atoms with Gasteiger partial charge in [-0.15, -0.1) is 0 Å². The van der Waals surface area contributed by atoms with E-state index in [4.69, 9.17) is 9.47 Å². The fourth-order valence-corrected chi connectivity index (χ4v) is 1.72. The van der Waals surface area contributed by atoms with Crippen LogP contribution in [-0.4, -0.2) is 42.7 Å². The van der Waals surface area contributed by atoms with E-state index in [0.717, 1.165) is 6.42 Å². The van der Waals surface area contributed by atoms with Crippen molar-refractivity contribution in [3.63, 3.8) is 0 Å². The topological polar surface area (TPSA) is 67.8 Å². The van der Waals surface area contributed by atoms with E-state index in [1.165, 1.54) is 0 Å². The number of rotatable bonds is 8. The Labute approximate surface area is 123 Å². The van der Waals surface area contributed by atoms with E-state index in [0.29, 0.717) is 19.6 Å². The third-order valence-electron chi connectivity index (χ3n) is 3.18. The molecule has 1 unspecified atom stereocenters. The molecular weight excluding hydrogens is 258 g/mol. The fraction of sp³-hybridized carbons (Fsp3) is 0.933. The first-order valence-electron chi connectivity index (χ1n) is 7.33. The lowest BCUT2D eigenvalue weighted by atomic mass is 9.83. The van der Waals surface area contributed by atoms with Crippen molar-refractivity contribution in [1.29, 1.82) is 0 Å². The molecule has 0 aromatic rings. The van der Waals surface area contributed by atoms with Crippen LogP contribution in [0.3, 0.4) is 0 Å². The van der Waals surface area contributed by atoms with Crippen LogP contribution in [0.5, 0.6) is 0 Å². The summed E-state index contributed by atoms with van der Waals surface area (Å²) in [7, 11) is 0. The van der Waals surface area contributed by atoms with Crippen molar-refractivity contribution in [2.75, 3.05) is 19.8 Å². The van der Waals surface area contributed by atoms with Gasteiger partial charge in [0.2, 0.25) is 0 Å². The average Bonchev–Trinajstić information content (AvgIpc) is 2.31. The van der Waals surface area contributed by atoms with Crippen LogP contribution in [0.2, 0.25) is 0 Å². The predicted molar refractivity (Wildman–Crippen MR) is 79.8 cm³/mol. The highest BCUT2D eigenvalue weighted by atomic mass is 16.6. The van der Waals surface area contributed by atoms with Crippen LogP contribution in [0.1, 0.15) is 54.4 Å². The zero-order valence-corrected chi connectivity index (χ0v) is 13.8. The van der Waals surface area contributed by atoms with Gasteiger partial charge in [0.05, 0.1) is 12.7 Å². The summed E-state index contributed by atoms with van der Waals surface area (Å²) >= 11 is 0. The molecule has 0 aromatic heterocycles. The van der Waals surface area contributed by atoms with Crippen molar-refractivity contribution < 1.29 is 19.4 Å². The minimum atomic E-state index is -0.515. The second kappa shape index (κ2) is 8.47. The van der Waals surface area contributed by atoms with Gasteiger partial charge in [0.25, 0.3) is 0 Å². The first-order valence-corrected chi connectivity index (χ1v) is 7.33. The Hall–Kier alpha value is -0.810. The van der Waals surface area contributed by atoms with Gasteiger partial charge >= 0.3 is 6.09 Å². The molecular formula is C15H31NO4. The molecule has 20 heavy (non-hydrogen) atoms. The molecule has 0 aromatic carbocycles. The molecule has 5 nitrogen and oxygen atoms in total. The normalized spacial score (nSPS) is 15.0. The van der Waals surface area contributed by atoms with E-state index in [2.05, 4.69) is 5.32 Å². The summed E-state index contributed by atoms with van der Waals surface area (Å²) in [4.78, 5) is 11.7. The van der Waals surface area contributed by atoms with Crippen LogP contribution in [0, 0.1) is 5.41 Å². The number of hydrogen-bond donors (Lipinski definition) is 2. The lowest BCUT2D eigenvalue weighted by Gasteiger charge is -2.31. The SMILES string of the molecule is CCC(CO)(CCOC(C)C)CNC(=O)OC(C)(C)C. The molecule has 0 bridgehead atoms. The number of amides is 1. The molecule has 5 heteroatoms. The van der Waals surface area contributed by atoms with Crippen molar-refractivity contribution in [3.8, 4) is 0 Å². The Balaban J connectivity index is 4.34. The summed E-state index contributed by atoms with van der Waals surface area (Å²) in [5.41, 5.74) is -0.870. The van der Waals surface area contributed by atoms with Gasteiger partial charge in [0.1, 0.15) is 5.60 Å². The summed E-state index contributed by atoms with van der Waals surface area (Å²) < 4.78 is 10.7. The molecule has 120 valence electrons. The smallest absolute Gasteiger partial charge is 0.407 e. The number of hydrogen-bond acceptors (Lipinski definition) is 4. The Bertz CT molecular complexity index is 280. The first kappa shape index (κ1) is 19.2. The lowest BCUT2D eigenvalue weighted by molar-refractivity contribution is 0.0215. The van der Waals surface area contributed by atoms with E-state index in [9.17, 15) is 9.90 Å². The number of carbonyl (C=O) groups is 1. The van der Waals surface area contributed by atoms with E-state index in [1.54, 1.807) is 0 Å². The maximum atomic E-state index is 11.7. The van der Waals surface area contributed by atoms with Crippen molar-refractivity contribution in [2.24, 2.45) is 5.41 Å². The molecule has 0 saturated heterocycles. The van der Waals surface area contributed by atoms with Crippen LogP contribution in [-0.2, 0) is 9.47 Å². The van der Waals surface area contributed by atoms with Crippen LogP contribution in [0.25, 0.3) is 0 Å². The largest absolute Gasteiger partial charge is 0.444 e. The van der Waals surface area contributed by atoms with Gasteiger partial charge in [0, 0.05) is 18.6 Å². The highest BCUT2D eigenvalue weighted by Gasteiger charge is 2.29. The lowest BCUT2D eigenvalue weighted by Crippen LogP contribution is -2.42. The standard InChI is InChI=1S/C15H31NO4/c1-7-15(11-17,8-9-19-12(2)3)10-16-13(18)20-14(4,5)6/h12,17H,7-11H2,1-6H3,(H,16,18). The van der Waals surface area contributed by atoms with E-state index >= 15 is 0 Å². The van der Waals surface area contributed by atoms with Crippen molar-refractivity contribution >= 4 is 6.09 Å². The minimum absolute atomic E-state index is 0.0146. The van der Waals surface area contributed by atoms with Crippen LogP contribution < -0.4 is 5.32 Å². The van der Waals surface area contributed by atoms with Crippen LogP contribution in [0.4, 0.5) is 4.79 Å². The Morgan fingerprint density at radius 3 is 2.30 bits per heavy atom. The zero-order valence-electron chi connectivity index (χ0n) is 13.8. The Kier molecular flexibility index (Phi) is 8.13. The highest BCUT2D eigenvalue weighted by Crippen LogP contribution is 2.25. The summed E-state index contributed by atoms with van der Waals surface area (Å²) in [5, 5.41) is 12.4. The minimum Gasteiger partial charge on any atom is -0.444 e. The zero-order chi connectivity index (χ0) is 15.8. The van der Waals surface area contributed by atoms with Gasteiger partial charge in [0.15, 0.2) is 0 Å². The molecule has 0 aliphatic heterocycles. The van der Waals surface area contributed by atoms with Gasteiger partial charge in [-0.25, -0.2) is 4.79 Å². The van der Waals surface area contributed by atoms with E-state index < -0.39 is 11.7 Å². The van der Waals surface area contributed by atoms with Gasteiger partial charge < -0.3 is 19.9 Å². The van der Waals surface area contributed by atoms with Crippen LogP contribution in [0.15, 0.2) is 0 Å². The number of nitrogens with one attached hydrogen (secondary N) is 1. The molecule has 0 fully saturated rings. The molecule has 0 radical (unpaired) electrons. The third-order valence-corrected chi connectivity index (χ3v) is 3.18. The monoisotopic (exact) mass is 289 g/mol. The summed E-state index contributed by atoms with van der Waals surface area (Å²) in [6.45, 7) is 12.4. The maximum Gasteiger partial charge on any atom is 0.407 e. The summed E-state index contributed by atoms with van der Waals surface area (Å²) in [6, 6.07) is 0. The molecule has 0 saturated carbocycles. The maximum absolute atomic E-state index is 11.7. The third kappa shape index (κ3) is 8.38. The number of alkyl carbamates (subject to hydrolysis) is 1. The molecule has 1 atom stereocenters. The Morgan fingerprint density at radius 2 is 1.90 bits per heavy atom. The number of aliphatic hydroxyl groups excluding tert-OH is 1. The fourth-order valence-electron chi connectivity index (χ4n) is 1.72. The van der Waals surface area contributed by atoms with Gasteiger partial charge in [-0.1, -0.05) is 6.92 Å². The molecule has 2 N–H and O–H groups in total. The van der Waals surface area contributed by atoms with Crippen molar-refractivity contribution in [3.05, 3.63) is 0 Å². The van der Waals surface area contributed by atoms with Gasteiger partial charge in [-0.3, -0.25) is 0 Å². The molecule has 0 heterocycles. The highest BCUT2D eigenvalue weighted by molar-refractivity contribution is 5.67. The molecule has 0 rings (SSSR count). The van der Waals surface area contributed by atoms with Crippen molar-refractivity contribution in [2.45, 2.75) is 66.1 Å². The van der Waals surface area contributed by atoms with E-state index in [-0.39, 0.29) is 18.1 Å². The van der Waals surface area contributed by atoms with Crippen LogP contribution >= 0.6 is 0 Å². The average molecular weight is 289 g/mol. The number of carbonyl (C=O) groups excluding carboxylic acids is 1. The number of ether oxygens (including phenoxy) is 2. The van der Waals surface area contributed by atoms with Crippen molar-refractivity contribution in [1.82, 2.24) is 5.32 Å². The predicted octanol–water partition coefficient (Wildman–Crippen LogP) is 2.71. The summed E-state index contributed by atoms with van der Waals surface area (Å²) in [6.07, 6.45) is 1.19. The van der Waals surface area contributed by atoms with E-state index in [1.807, 2.05) is 41.5 Å². The molecule has 0 spiro atoms. The van der Waals surface area contributed by atoms with Gasteiger partial charge in [-0.05, 0) is 47.5 Å². The second-order valence-electron chi connectivity index (χ2n) is 6.54. The second-order valence-corrected chi connectivity index (χ2v) is 6.54. The van der Waals surface area contributed by atoms with Gasteiger partial charge in [-0.2, -0.15) is 0 Å². The molecule has 1 amide bonds. The first-order chi connectivity index (χ1) is 9.14. The molecule has 0 aliphatic carbocycles. The summed E-state index contributed by atoms with van der Waals surface area (Å²) in [5.74, 6) is 0.